The zero-order valence-electron chi connectivity index (χ0n) is 10.3. The van der Waals surface area contributed by atoms with Crippen LogP contribution in [0.25, 0.3) is 0 Å². The number of alkyl halides is 3. The number of benzene rings is 1. The topological polar surface area (TPSA) is 44.5 Å². The predicted octanol–water partition coefficient (Wildman–Crippen LogP) is 2.80. The van der Waals surface area contributed by atoms with E-state index in [0.29, 0.717) is 16.9 Å². The van der Waals surface area contributed by atoms with E-state index in [1.807, 2.05) is 0 Å². The van der Waals surface area contributed by atoms with Gasteiger partial charge in [0.2, 0.25) is 0 Å². The second-order valence-corrected chi connectivity index (χ2v) is 4.26. The molecule has 106 valence electrons. The van der Waals surface area contributed by atoms with Crippen molar-refractivity contribution in [1.29, 1.82) is 0 Å². The smallest absolute Gasteiger partial charge is 0.391 e. The maximum atomic E-state index is 11.9. The molecule has 0 heterocycles. The van der Waals surface area contributed by atoms with Crippen LogP contribution in [0.4, 0.5) is 13.2 Å². The molecule has 0 amide bonds. The Morgan fingerprint density at radius 2 is 2.05 bits per heavy atom. The lowest BCUT2D eigenvalue weighted by molar-refractivity contribution is -0.146. The molecule has 0 radical (unpaired) electrons. The predicted molar refractivity (Wildman–Crippen MR) is 69.2 cm³/mol. The van der Waals surface area contributed by atoms with Crippen molar-refractivity contribution in [3.8, 4) is 5.75 Å². The normalized spacial score (nSPS) is 11.4. The van der Waals surface area contributed by atoms with Gasteiger partial charge in [0.05, 0.1) is 32.3 Å². The lowest BCUT2D eigenvalue weighted by atomic mass is 10.1. The van der Waals surface area contributed by atoms with Gasteiger partial charge in [-0.05, 0) is 17.7 Å². The first kappa shape index (κ1) is 15.7. The van der Waals surface area contributed by atoms with Gasteiger partial charge in [-0.3, -0.25) is 0 Å². The molecule has 1 aromatic carbocycles. The lowest BCUT2D eigenvalue weighted by Gasteiger charge is -2.10. The molecule has 0 aliphatic carbocycles. The van der Waals surface area contributed by atoms with E-state index in [2.05, 4.69) is 0 Å². The van der Waals surface area contributed by atoms with Crippen LogP contribution in [0.5, 0.6) is 5.75 Å². The molecular formula is C12H14F3NO2S. The van der Waals surface area contributed by atoms with E-state index in [-0.39, 0.29) is 18.2 Å². The molecule has 1 aromatic rings. The first-order chi connectivity index (χ1) is 8.83. The summed E-state index contributed by atoms with van der Waals surface area (Å²) in [6.07, 6.45) is -5.17. The fourth-order valence-electron chi connectivity index (χ4n) is 1.42. The summed E-state index contributed by atoms with van der Waals surface area (Å²) in [5.41, 5.74) is 6.76. The molecule has 1 rings (SSSR count). The van der Waals surface area contributed by atoms with E-state index in [1.165, 1.54) is 7.11 Å². The van der Waals surface area contributed by atoms with Crippen LogP contribution in [0.3, 0.4) is 0 Å². The standard InChI is InChI=1S/C12H14F3NO2S/c1-17-10-3-2-8(6-9(10)11(16)19)7-18-5-4-12(13,14)15/h2-3,6H,4-5,7H2,1H3,(H2,16,19). The van der Waals surface area contributed by atoms with E-state index in [4.69, 9.17) is 27.4 Å². The Morgan fingerprint density at radius 1 is 1.37 bits per heavy atom. The van der Waals surface area contributed by atoms with Gasteiger partial charge < -0.3 is 15.2 Å². The summed E-state index contributed by atoms with van der Waals surface area (Å²) in [4.78, 5) is 0.161. The highest BCUT2D eigenvalue weighted by molar-refractivity contribution is 7.80. The van der Waals surface area contributed by atoms with Gasteiger partial charge in [-0.25, -0.2) is 0 Å². The van der Waals surface area contributed by atoms with Crippen LogP contribution in [0, 0.1) is 0 Å². The molecule has 19 heavy (non-hydrogen) atoms. The van der Waals surface area contributed by atoms with Gasteiger partial charge in [-0.1, -0.05) is 18.3 Å². The lowest BCUT2D eigenvalue weighted by Crippen LogP contribution is -2.13. The second kappa shape index (κ2) is 6.72. The number of hydrogen-bond acceptors (Lipinski definition) is 3. The van der Waals surface area contributed by atoms with Crippen LogP contribution in [-0.2, 0) is 11.3 Å². The van der Waals surface area contributed by atoms with Gasteiger partial charge in [0.15, 0.2) is 0 Å². The molecule has 0 spiro atoms. The third-order valence-electron chi connectivity index (χ3n) is 2.33. The minimum atomic E-state index is -4.20. The maximum absolute atomic E-state index is 11.9. The monoisotopic (exact) mass is 293 g/mol. The molecule has 0 aromatic heterocycles. The summed E-state index contributed by atoms with van der Waals surface area (Å²) in [7, 11) is 1.48. The minimum Gasteiger partial charge on any atom is -0.496 e. The van der Waals surface area contributed by atoms with Crippen molar-refractivity contribution < 1.29 is 22.6 Å². The van der Waals surface area contributed by atoms with Gasteiger partial charge in [-0.2, -0.15) is 13.2 Å². The highest BCUT2D eigenvalue weighted by Gasteiger charge is 2.26. The Kier molecular flexibility index (Phi) is 5.56. The number of hydrogen-bond donors (Lipinski definition) is 1. The molecule has 0 saturated heterocycles. The van der Waals surface area contributed by atoms with Crippen LogP contribution in [0.2, 0.25) is 0 Å². The molecule has 0 unspecified atom stereocenters. The van der Waals surface area contributed by atoms with Gasteiger partial charge in [0.1, 0.15) is 10.7 Å². The van der Waals surface area contributed by atoms with Crippen molar-refractivity contribution in [1.82, 2.24) is 0 Å². The number of ether oxygens (including phenoxy) is 2. The molecule has 2 N–H and O–H groups in total. The van der Waals surface area contributed by atoms with E-state index >= 15 is 0 Å². The van der Waals surface area contributed by atoms with E-state index in [9.17, 15) is 13.2 Å². The molecule has 3 nitrogen and oxygen atoms in total. The minimum absolute atomic E-state index is 0.0652. The highest BCUT2D eigenvalue weighted by Crippen LogP contribution is 2.21. The van der Waals surface area contributed by atoms with Crippen molar-refractivity contribution in [3.05, 3.63) is 29.3 Å². The molecule has 7 heteroatoms. The largest absolute Gasteiger partial charge is 0.496 e. The number of methoxy groups -OCH3 is 1. The average Bonchev–Trinajstić information content (AvgIpc) is 2.33. The third-order valence-corrected chi connectivity index (χ3v) is 2.55. The molecule has 0 bridgehead atoms. The Hall–Kier alpha value is -1.34. The quantitative estimate of drug-likeness (QED) is 0.647. The first-order valence-electron chi connectivity index (χ1n) is 5.44. The van der Waals surface area contributed by atoms with Gasteiger partial charge >= 0.3 is 6.18 Å². The number of nitrogens with two attached hydrogens (primary N) is 1. The fraction of sp³-hybridized carbons (Fsp3) is 0.417. The highest BCUT2D eigenvalue weighted by atomic mass is 32.1. The Morgan fingerprint density at radius 3 is 2.58 bits per heavy atom. The van der Waals surface area contributed by atoms with E-state index in [1.54, 1.807) is 18.2 Å². The van der Waals surface area contributed by atoms with Crippen LogP contribution >= 0.6 is 12.2 Å². The zero-order valence-corrected chi connectivity index (χ0v) is 11.1. The van der Waals surface area contributed by atoms with Gasteiger partial charge in [0, 0.05) is 0 Å². The van der Waals surface area contributed by atoms with E-state index < -0.39 is 12.6 Å². The summed E-state index contributed by atoms with van der Waals surface area (Å²) < 4.78 is 45.8. The molecule has 0 atom stereocenters. The fourth-order valence-corrected chi connectivity index (χ4v) is 1.57. The Labute approximate surface area is 114 Å². The van der Waals surface area contributed by atoms with Crippen LogP contribution in [-0.4, -0.2) is 24.9 Å². The number of rotatable bonds is 6. The molecule has 0 fully saturated rings. The van der Waals surface area contributed by atoms with Crippen molar-refractivity contribution in [3.63, 3.8) is 0 Å². The summed E-state index contributed by atoms with van der Waals surface area (Å²) >= 11 is 4.87. The van der Waals surface area contributed by atoms with Crippen molar-refractivity contribution in [2.24, 2.45) is 5.73 Å². The average molecular weight is 293 g/mol. The molecular weight excluding hydrogens is 279 g/mol. The van der Waals surface area contributed by atoms with Gasteiger partial charge in [0.25, 0.3) is 0 Å². The van der Waals surface area contributed by atoms with E-state index in [0.717, 1.165) is 0 Å². The van der Waals surface area contributed by atoms with Crippen LogP contribution in [0.1, 0.15) is 17.5 Å². The number of thiocarbonyl (C=S) groups is 1. The Bertz CT molecular complexity index is 449. The first-order valence-corrected chi connectivity index (χ1v) is 5.85. The molecule has 0 aliphatic heterocycles. The summed E-state index contributed by atoms with van der Waals surface area (Å²) in [6, 6.07) is 4.99. The zero-order chi connectivity index (χ0) is 14.5. The van der Waals surface area contributed by atoms with Crippen LogP contribution in [0.15, 0.2) is 18.2 Å². The molecule has 0 saturated carbocycles. The van der Waals surface area contributed by atoms with Crippen molar-refractivity contribution >= 4 is 17.2 Å². The SMILES string of the molecule is COc1ccc(COCCC(F)(F)F)cc1C(N)=S. The van der Waals surface area contributed by atoms with Gasteiger partial charge in [-0.15, -0.1) is 0 Å². The summed E-state index contributed by atoms with van der Waals surface area (Å²) in [5, 5.41) is 0. The second-order valence-electron chi connectivity index (χ2n) is 3.82. The van der Waals surface area contributed by atoms with Crippen LogP contribution < -0.4 is 10.5 Å². The van der Waals surface area contributed by atoms with Crippen molar-refractivity contribution in [2.45, 2.75) is 19.2 Å². The third kappa shape index (κ3) is 5.44. The summed E-state index contributed by atoms with van der Waals surface area (Å²) in [6.45, 7) is -0.312. The number of halogens is 3. The maximum Gasteiger partial charge on any atom is 0.391 e. The molecule has 0 aliphatic rings. The Balaban J connectivity index is 2.60. The van der Waals surface area contributed by atoms with Crippen molar-refractivity contribution in [2.75, 3.05) is 13.7 Å². The summed E-state index contributed by atoms with van der Waals surface area (Å²) in [5.74, 6) is 0.520.